The maximum absolute atomic E-state index is 7.29. The summed E-state index contributed by atoms with van der Waals surface area (Å²) in [5, 5.41) is 14.6. The zero-order valence-electron chi connectivity index (χ0n) is 7.83. The molecule has 74 valence electrons. The van der Waals surface area contributed by atoms with Gasteiger partial charge in [-0.2, -0.15) is 0 Å². The van der Waals surface area contributed by atoms with Crippen molar-refractivity contribution in [2.45, 2.75) is 6.42 Å². The zero-order chi connectivity index (χ0) is 10.6. The van der Waals surface area contributed by atoms with Crippen LogP contribution in [-0.2, 0) is 6.42 Å². The molecule has 0 aliphatic carbocycles. The number of benzene rings is 1. The number of nitrogens with one attached hydrogen (secondary N) is 2. The lowest BCUT2D eigenvalue weighted by Gasteiger charge is -2.13. The summed E-state index contributed by atoms with van der Waals surface area (Å²) in [6.07, 6.45) is 0.519. The molecule has 1 rings (SSSR count). The van der Waals surface area contributed by atoms with Crippen molar-refractivity contribution in [3.05, 3.63) is 35.9 Å². The largest absolute Gasteiger partial charge is 0.387 e. The van der Waals surface area contributed by atoms with Crippen molar-refractivity contribution in [3.63, 3.8) is 0 Å². The number of rotatable bonds is 4. The van der Waals surface area contributed by atoms with Crippen molar-refractivity contribution in [1.29, 1.82) is 10.8 Å². The quantitative estimate of drug-likeness (QED) is 0.415. The lowest BCUT2D eigenvalue weighted by atomic mass is 9.97. The maximum Gasteiger partial charge on any atom is 0.102 e. The van der Waals surface area contributed by atoms with Gasteiger partial charge in [0.2, 0.25) is 0 Å². The highest BCUT2D eigenvalue weighted by atomic mass is 14.8. The van der Waals surface area contributed by atoms with Crippen LogP contribution in [0.4, 0.5) is 0 Å². The SMILES string of the molecule is N=C(N)C(Cc1ccccc1)C(=N)N. The van der Waals surface area contributed by atoms with Gasteiger partial charge in [-0.1, -0.05) is 30.3 Å². The molecule has 0 unspecified atom stereocenters. The summed E-state index contributed by atoms with van der Waals surface area (Å²) in [7, 11) is 0. The third-order valence-electron chi connectivity index (χ3n) is 2.03. The van der Waals surface area contributed by atoms with Gasteiger partial charge in [0.25, 0.3) is 0 Å². The first-order chi connectivity index (χ1) is 6.61. The van der Waals surface area contributed by atoms with Crippen molar-refractivity contribution < 1.29 is 0 Å². The third kappa shape index (κ3) is 2.58. The molecule has 0 atom stereocenters. The molecular weight excluding hydrogens is 176 g/mol. The van der Waals surface area contributed by atoms with Gasteiger partial charge < -0.3 is 11.5 Å². The Morgan fingerprint density at radius 2 is 1.57 bits per heavy atom. The lowest BCUT2D eigenvalue weighted by molar-refractivity contribution is 0.860. The van der Waals surface area contributed by atoms with Crippen LogP contribution in [0.2, 0.25) is 0 Å². The lowest BCUT2D eigenvalue weighted by Crippen LogP contribution is -2.35. The average molecular weight is 190 g/mol. The summed E-state index contributed by atoms with van der Waals surface area (Å²) in [4.78, 5) is 0. The van der Waals surface area contributed by atoms with E-state index in [1.165, 1.54) is 0 Å². The molecule has 0 amide bonds. The van der Waals surface area contributed by atoms with Crippen molar-refractivity contribution >= 4 is 11.7 Å². The topological polar surface area (TPSA) is 99.7 Å². The fraction of sp³-hybridized carbons (Fsp3) is 0.200. The first-order valence-corrected chi connectivity index (χ1v) is 4.33. The van der Waals surface area contributed by atoms with Gasteiger partial charge in [0.1, 0.15) is 11.7 Å². The van der Waals surface area contributed by atoms with E-state index in [4.69, 9.17) is 22.3 Å². The van der Waals surface area contributed by atoms with Crippen LogP contribution in [0.1, 0.15) is 5.56 Å². The minimum atomic E-state index is -0.475. The van der Waals surface area contributed by atoms with Crippen LogP contribution >= 0.6 is 0 Å². The Hall–Kier alpha value is -1.84. The molecule has 0 spiro atoms. The summed E-state index contributed by atoms with van der Waals surface area (Å²) in [6, 6.07) is 9.59. The molecular formula is C10H14N4. The van der Waals surface area contributed by atoms with Gasteiger partial charge in [0, 0.05) is 0 Å². The molecule has 1 aromatic carbocycles. The molecule has 4 heteroatoms. The van der Waals surface area contributed by atoms with E-state index in [-0.39, 0.29) is 11.7 Å². The Morgan fingerprint density at radius 3 is 2.00 bits per heavy atom. The van der Waals surface area contributed by atoms with Crippen LogP contribution in [0.3, 0.4) is 0 Å². The normalized spacial score (nSPS) is 12.0. The Balaban J connectivity index is 2.75. The number of amidine groups is 2. The third-order valence-corrected chi connectivity index (χ3v) is 2.03. The number of nitrogens with two attached hydrogens (primary N) is 2. The molecule has 6 N–H and O–H groups in total. The highest BCUT2D eigenvalue weighted by Gasteiger charge is 2.15. The standard InChI is InChI=1S/C10H14N4/c11-9(12)8(10(13)14)6-7-4-2-1-3-5-7/h1-5,8H,6H2,(H3,11,12)(H3,13,14). The van der Waals surface area contributed by atoms with E-state index in [2.05, 4.69) is 0 Å². The van der Waals surface area contributed by atoms with Crippen molar-refractivity contribution in [2.75, 3.05) is 0 Å². The average Bonchev–Trinajstić information content (AvgIpc) is 2.15. The van der Waals surface area contributed by atoms with Gasteiger partial charge in [-0.15, -0.1) is 0 Å². The van der Waals surface area contributed by atoms with E-state index < -0.39 is 5.92 Å². The molecule has 14 heavy (non-hydrogen) atoms. The molecule has 0 saturated heterocycles. The van der Waals surface area contributed by atoms with Gasteiger partial charge in [0.05, 0.1) is 5.92 Å². The van der Waals surface area contributed by atoms with Crippen LogP contribution < -0.4 is 11.5 Å². The highest BCUT2D eigenvalue weighted by molar-refractivity contribution is 6.01. The fourth-order valence-electron chi connectivity index (χ4n) is 1.24. The van der Waals surface area contributed by atoms with Crippen molar-refractivity contribution in [1.82, 2.24) is 0 Å². The van der Waals surface area contributed by atoms with Gasteiger partial charge in [-0.3, -0.25) is 10.8 Å². The van der Waals surface area contributed by atoms with Gasteiger partial charge in [-0.25, -0.2) is 0 Å². The minimum absolute atomic E-state index is 0.0543. The van der Waals surface area contributed by atoms with Crippen molar-refractivity contribution in [3.8, 4) is 0 Å². The molecule has 0 radical (unpaired) electrons. The molecule has 0 bridgehead atoms. The van der Waals surface area contributed by atoms with E-state index in [0.717, 1.165) is 5.56 Å². The Bertz CT molecular complexity index is 317. The van der Waals surface area contributed by atoms with Crippen LogP contribution in [0, 0.1) is 16.7 Å². The molecule has 0 aromatic heterocycles. The fourth-order valence-corrected chi connectivity index (χ4v) is 1.24. The number of hydrogen-bond acceptors (Lipinski definition) is 2. The van der Waals surface area contributed by atoms with Crippen LogP contribution in [0.5, 0.6) is 0 Å². The van der Waals surface area contributed by atoms with E-state index in [1.807, 2.05) is 30.3 Å². The Kier molecular flexibility index (Phi) is 3.23. The van der Waals surface area contributed by atoms with E-state index >= 15 is 0 Å². The summed E-state index contributed by atoms with van der Waals surface area (Å²) in [5.41, 5.74) is 11.7. The monoisotopic (exact) mass is 190 g/mol. The van der Waals surface area contributed by atoms with Gasteiger partial charge >= 0.3 is 0 Å². The number of hydrogen-bond donors (Lipinski definition) is 4. The Labute approximate surface area is 82.9 Å². The van der Waals surface area contributed by atoms with E-state index in [0.29, 0.717) is 6.42 Å². The summed E-state index contributed by atoms with van der Waals surface area (Å²) >= 11 is 0. The first kappa shape index (κ1) is 10.2. The summed E-state index contributed by atoms with van der Waals surface area (Å²) in [5.74, 6) is -0.583. The molecule has 1 aromatic rings. The summed E-state index contributed by atoms with van der Waals surface area (Å²) in [6.45, 7) is 0. The molecule has 0 fully saturated rings. The first-order valence-electron chi connectivity index (χ1n) is 4.33. The zero-order valence-corrected chi connectivity index (χ0v) is 7.83. The summed E-state index contributed by atoms with van der Waals surface area (Å²) < 4.78 is 0. The predicted molar refractivity (Wildman–Crippen MR) is 57.5 cm³/mol. The second kappa shape index (κ2) is 4.41. The predicted octanol–water partition coefficient (Wildman–Crippen LogP) is 0.717. The van der Waals surface area contributed by atoms with E-state index in [1.54, 1.807) is 0 Å². The minimum Gasteiger partial charge on any atom is -0.387 e. The van der Waals surface area contributed by atoms with Gasteiger partial charge in [-0.05, 0) is 12.0 Å². The van der Waals surface area contributed by atoms with Gasteiger partial charge in [0.15, 0.2) is 0 Å². The molecule has 0 saturated carbocycles. The van der Waals surface area contributed by atoms with Crippen LogP contribution in [0.15, 0.2) is 30.3 Å². The van der Waals surface area contributed by atoms with Crippen LogP contribution in [-0.4, -0.2) is 11.7 Å². The molecule has 0 aliphatic rings. The van der Waals surface area contributed by atoms with Crippen LogP contribution in [0.25, 0.3) is 0 Å². The maximum atomic E-state index is 7.29. The highest BCUT2D eigenvalue weighted by Crippen LogP contribution is 2.07. The second-order valence-corrected chi connectivity index (χ2v) is 3.15. The molecule has 4 nitrogen and oxygen atoms in total. The molecule has 0 heterocycles. The second-order valence-electron chi connectivity index (χ2n) is 3.15. The van der Waals surface area contributed by atoms with E-state index in [9.17, 15) is 0 Å². The smallest absolute Gasteiger partial charge is 0.102 e. The van der Waals surface area contributed by atoms with Crippen molar-refractivity contribution in [2.24, 2.45) is 17.4 Å². The molecule has 0 aliphatic heterocycles. The Morgan fingerprint density at radius 1 is 1.07 bits per heavy atom.